The molecule has 11 rings (SSSR count). The van der Waals surface area contributed by atoms with Crippen LogP contribution < -0.4 is 0 Å². The van der Waals surface area contributed by atoms with Crippen molar-refractivity contribution in [3.63, 3.8) is 0 Å². The first-order valence-corrected chi connectivity index (χ1v) is 17.6. The second-order valence-corrected chi connectivity index (χ2v) is 13.6. The average Bonchev–Trinajstić information content (AvgIpc) is 3.59. The van der Waals surface area contributed by atoms with Crippen molar-refractivity contribution in [1.29, 1.82) is 0 Å². The molecule has 236 valence electrons. The van der Waals surface area contributed by atoms with Crippen LogP contribution in [0.5, 0.6) is 0 Å². The lowest BCUT2D eigenvalue weighted by Crippen LogP contribution is -1.93. The highest BCUT2D eigenvalue weighted by atomic mass is 16.3. The largest absolute Gasteiger partial charge is 0.455 e. The molecule has 1 heterocycles. The van der Waals surface area contributed by atoms with Crippen LogP contribution in [0.3, 0.4) is 0 Å². The maximum Gasteiger partial charge on any atom is 0.143 e. The van der Waals surface area contributed by atoms with Gasteiger partial charge in [0.15, 0.2) is 0 Å². The Kier molecular flexibility index (Phi) is 6.02. The number of furan rings is 1. The molecule has 1 nitrogen and oxygen atoms in total. The molecule has 11 aromatic rings. The highest BCUT2D eigenvalue weighted by Gasteiger charge is 2.21. The topological polar surface area (TPSA) is 13.1 Å². The maximum atomic E-state index is 6.63. The minimum Gasteiger partial charge on any atom is -0.455 e. The minimum absolute atomic E-state index is 0.906. The first-order chi connectivity index (χ1) is 25.3. The molecule has 0 bridgehead atoms. The van der Waals surface area contributed by atoms with Crippen molar-refractivity contribution in [1.82, 2.24) is 0 Å². The smallest absolute Gasteiger partial charge is 0.143 e. The maximum absolute atomic E-state index is 6.63. The quantitative estimate of drug-likeness (QED) is 0.174. The molecule has 0 radical (unpaired) electrons. The van der Waals surface area contributed by atoms with Crippen molar-refractivity contribution in [2.24, 2.45) is 0 Å². The standard InChI is InChI=1S/C50H30O/c1-4-17-35-31(13-1)16-11-25-39(35)47-40-20-7-9-22-42(40)48(43-23-10-8-21-41(43)47)45-30-34(29-33-15-3-5-18-36(33)45)37-24-12-26-46-49(37)44-28-27-32-14-2-6-19-38(32)50(44)51-46/h1-30H. The van der Waals surface area contributed by atoms with E-state index in [2.05, 4.69) is 182 Å². The predicted molar refractivity (Wildman–Crippen MR) is 218 cm³/mol. The Morgan fingerprint density at radius 1 is 0.294 bits per heavy atom. The molecule has 0 fully saturated rings. The molecule has 0 aliphatic rings. The lowest BCUT2D eigenvalue weighted by molar-refractivity contribution is 0.673. The van der Waals surface area contributed by atoms with E-state index in [4.69, 9.17) is 4.42 Å². The summed E-state index contributed by atoms with van der Waals surface area (Å²) in [6, 6.07) is 66.4. The summed E-state index contributed by atoms with van der Waals surface area (Å²) in [5.74, 6) is 0. The summed E-state index contributed by atoms with van der Waals surface area (Å²) in [4.78, 5) is 0. The number of hydrogen-bond donors (Lipinski definition) is 0. The van der Waals surface area contributed by atoms with E-state index in [1.165, 1.54) is 81.9 Å². The molecule has 0 N–H and O–H groups in total. The zero-order valence-corrected chi connectivity index (χ0v) is 27.7. The molecule has 0 saturated heterocycles. The first-order valence-electron chi connectivity index (χ1n) is 17.6. The molecule has 0 spiro atoms. The summed E-state index contributed by atoms with van der Waals surface area (Å²) in [6.07, 6.45) is 0. The Morgan fingerprint density at radius 3 is 1.47 bits per heavy atom. The van der Waals surface area contributed by atoms with Crippen LogP contribution in [0.4, 0.5) is 0 Å². The van der Waals surface area contributed by atoms with Crippen molar-refractivity contribution in [3.05, 3.63) is 182 Å². The second-order valence-electron chi connectivity index (χ2n) is 13.6. The van der Waals surface area contributed by atoms with Gasteiger partial charge in [0, 0.05) is 16.2 Å². The molecule has 1 aromatic heterocycles. The summed E-state index contributed by atoms with van der Waals surface area (Å²) in [5, 5.41) is 14.6. The van der Waals surface area contributed by atoms with E-state index in [1.807, 2.05) is 0 Å². The van der Waals surface area contributed by atoms with E-state index in [1.54, 1.807) is 0 Å². The van der Waals surface area contributed by atoms with Crippen molar-refractivity contribution < 1.29 is 4.42 Å². The third kappa shape index (κ3) is 4.16. The number of hydrogen-bond acceptors (Lipinski definition) is 1. The molecule has 0 amide bonds. The number of fused-ring (bicyclic) bond motifs is 9. The summed E-state index contributed by atoms with van der Waals surface area (Å²) >= 11 is 0. The monoisotopic (exact) mass is 646 g/mol. The van der Waals surface area contributed by atoms with Crippen LogP contribution in [0.2, 0.25) is 0 Å². The molecule has 51 heavy (non-hydrogen) atoms. The Balaban J connectivity index is 1.25. The molecule has 0 atom stereocenters. The third-order valence-corrected chi connectivity index (χ3v) is 10.8. The van der Waals surface area contributed by atoms with E-state index in [0.29, 0.717) is 0 Å². The summed E-state index contributed by atoms with van der Waals surface area (Å²) < 4.78 is 6.63. The average molecular weight is 647 g/mol. The summed E-state index contributed by atoms with van der Waals surface area (Å²) in [6.45, 7) is 0. The van der Waals surface area contributed by atoms with E-state index in [-0.39, 0.29) is 0 Å². The fourth-order valence-corrected chi connectivity index (χ4v) is 8.62. The van der Waals surface area contributed by atoms with Crippen LogP contribution >= 0.6 is 0 Å². The van der Waals surface area contributed by atoms with E-state index in [9.17, 15) is 0 Å². The van der Waals surface area contributed by atoms with Gasteiger partial charge in [0.1, 0.15) is 11.2 Å². The van der Waals surface area contributed by atoms with Crippen LogP contribution in [0, 0.1) is 0 Å². The highest BCUT2D eigenvalue weighted by Crippen LogP contribution is 2.48. The van der Waals surface area contributed by atoms with E-state index in [0.717, 1.165) is 27.3 Å². The van der Waals surface area contributed by atoms with Crippen LogP contribution in [-0.2, 0) is 0 Å². The van der Waals surface area contributed by atoms with Gasteiger partial charge in [-0.25, -0.2) is 0 Å². The summed E-state index contributed by atoms with van der Waals surface area (Å²) in [7, 11) is 0. The van der Waals surface area contributed by atoms with Crippen molar-refractivity contribution in [2.45, 2.75) is 0 Å². The Hall–Kier alpha value is -6.70. The Morgan fingerprint density at radius 2 is 0.784 bits per heavy atom. The Bertz CT molecular complexity index is 3130. The van der Waals surface area contributed by atoms with Gasteiger partial charge in [-0.2, -0.15) is 0 Å². The van der Waals surface area contributed by atoms with Crippen molar-refractivity contribution >= 4 is 75.8 Å². The fourth-order valence-electron chi connectivity index (χ4n) is 8.62. The second kappa shape index (κ2) is 10.9. The van der Waals surface area contributed by atoms with Gasteiger partial charge in [-0.15, -0.1) is 0 Å². The van der Waals surface area contributed by atoms with E-state index >= 15 is 0 Å². The molecule has 0 aliphatic carbocycles. The molecular weight excluding hydrogens is 617 g/mol. The lowest BCUT2D eigenvalue weighted by Gasteiger charge is -2.20. The van der Waals surface area contributed by atoms with Gasteiger partial charge < -0.3 is 4.42 Å². The summed E-state index contributed by atoms with van der Waals surface area (Å²) in [5.41, 5.74) is 9.24. The predicted octanol–water partition coefficient (Wildman–Crippen LogP) is 14.4. The molecule has 10 aromatic carbocycles. The van der Waals surface area contributed by atoms with Gasteiger partial charge in [-0.1, -0.05) is 158 Å². The Labute approximate surface area is 294 Å². The van der Waals surface area contributed by atoms with Crippen LogP contribution in [0.1, 0.15) is 0 Å². The zero-order valence-electron chi connectivity index (χ0n) is 27.7. The van der Waals surface area contributed by atoms with Gasteiger partial charge in [-0.05, 0) is 106 Å². The fraction of sp³-hybridized carbons (Fsp3) is 0. The number of benzene rings is 10. The number of rotatable bonds is 3. The van der Waals surface area contributed by atoms with Crippen molar-refractivity contribution in [3.8, 4) is 33.4 Å². The van der Waals surface area contributed by atoms with E-state index < -0.39 is 0 Å². The SMILES string of the molecule is c1ccc2c(-c3c4ccccc4c(-c4cc(-c5cccc6oc7c8ccccc8ccc7c56)cc5ccccc45)c4ccccc34)cccc2c1. The van der Waals surface area contributed by atoms with Gasteiger partial charge >= 0.3 is 0 Å². The van der Waals surface area contributed by atoms with Crippen LogP contribution in [-0.4, -0.2) is 0 Å². The van der Waals surface area contributed by atoms with Crippen LogP contribution in [0.15, 0.2) is 186 Å². The molecule has 0 unspecified atom stereocenters. The van der Waals surface area contributed by atoms with Crippen molar-refractivity contribution in [2.75, 3.05) is 0 Å². The molecule has 0 saturated carbocycles. The van der Waals surface area contributed by atoms with Gasteiger partial charge in [0.05, 0.1) is 0 Å². The minimum atomic E-state index is 0.906. The molecular formula is C50H30O. The molecule has 1 heteroatoms. The van der Waals surface area contributed by atoms with Gasteiger partial charge in [0.25, 0.3) is 0 Å². The zero-order chi connectivity index (χ0) is 33.5. The van der Waals surface area contributed by atoms with Crippen LogP contribution in [0.25, 0.3) is 109 Å². The van der Waals surface area contributed by atoms with Gasteiger partial charge in [-0.3, -0.25) is 0 Å². The molecule has 0 aliphatic heterocycles. The third-order valence-electron chi connectivity index (χ3n) is 10.8. The first kappa shape index (κ1) is 28.2. The normalized spacial score (nSPS) is 11.9. The van der Waals surface area contributed by atoms with Gasteiger partial charge in [0.2, 0.25) is 0 Å². The lowest BCUT2D eigenvalue weighted by atomic mass is 9.83. The highest BCUT2D eigenvalue weighted by molar-refractivity contribution is 6.26.